The van der Waals surface area contributed by atoms with E-state index in [1.807, 2.05) is 18.7 Å². The number of aromatic nitrogens is 2. The fourth-order valence-electron chi connectivity index (χ4n) is 4.16. The zero-order valence-electron chi connectivity index (χ0n) is 19.1. The molecule has 1 unspecified atom stereocenters. The molecule has 0 spiro atoms. The Morgan fingerprint density at radius 3 is 2.67 bits per heavy atom. The molecule has 4 rings (SSSR count). The number of hydrogen-bond donors (Lipinski definition) is 0. The monoisotopic (exact) mass is 486 g/mol. The Labute approximate surface area is 204 Å². The first kappa shape index (κ1) is 23.6. The molecule has 2 aromatic carbocycles. The summed E-state index contributed by atoms with van der Waals surface area (Å²) < 4.78 is 5.47. The van der Waals surface area contributed by atoms with Crippen molar-refractivity contribution in [2.24, 2.45) is 5.92 Å². The largest absolute Gasteiger partial charge is 0.371 e. The van der Waals surface area contributed by atoms with Crippen molar-refractivity contribution in [3.05, 3.63) is 64.0 Å². The number of benzene rings is 2. The summed E-state index contributed by atoms with van der Waals surface area (Å²) in [4.78, 5) is 22.1. The molecule has 33 heavy (non-hydrogen) atoms. The number of carbonyl (C=O) groups is 1. The second-order valence-electron chi connectivity index (χ2n) is 8.82. The van der Waals surface area contributed by atoms with Gasteiger partial charge in [0.25, 0.3) is 0 Å². The molecule has 2 heterocycles. The van der Waals surface area contributed by atoms with Gasteiger partial charge in [0.15, 0.2) is 0 Å². The number of aryl methyl sites for hydroxylation is 1. The van der Waals surface area contributed by atoms with Crippen LogP contribution in [0.1, 0.15) is 38.1 Å². The molecule has 1 amide bonds. The molecule has 8 heteroatoms. The molecule has 174 valence electrons. The molecular formula is C25H28Cl2N4O2. The molecule has 0 N–H and O–H groups in total. The van der Waals surface area contributed by atoms with E-state index in [2.05, 4.69) is 46.2 Å². The summed E-state index contributed by atoms with van der Waals surface area (Å²) in [5.41, 5.74) is 3.03. The lowest BCUT2D eigenvalue weighted by Crippen LogP contribution is -2.47. The van der Waals surface area contributed by atoms with E-state index in [-0.39, 0.29) is 24.4 Å². The number of rotatable bonds is 6. The SMILES string of the molecule is Cc1ccc(N2CCCC(C(=O)N(Cc3nc(-c4ccc(Cl)cc4Cl)no3)C(C)C)C2)cc1. The number of halogens is 2. The van der Waals surface area contributed by atoms with Gasteiger partial charge in [-0.1, -0.05) is 46.1 Å². The topological polar surface area (TPSA) is 62.5 Å². The molecule has 1 atom stereocenters. The van der Waals surface area contributed by atoms with Crippen LogP contribution in [-0.4, -0.2) is 40.1 Å². The van der Waals surface area contributed by atoms with Crippen LogP contribution in [0.15, 0.2) is 47.0 Å². The highest BCUT2D eigenvalue weighted by Crippen LogP contribution is 2.29. The van der Waals surface area contributed by atoms with Gasteiger partial charge in [0.05, 0.1) is 10.9 Å². The first-order valence-electron chi connectivity index (χ1n) is 11.2. The molecule has 6 nitrogen and oxygen atoms in total. The van der Waals surface area contributed by atoms with Gasteiger partial charge < -0.3 is 14.3 Å². The van der Waals surface area contributed by atoms with Crippen LogP contribution in [0.3, 0.4) is 0 Å². The predicted molar refractivity (Wildman–Crippen MR) is 132 cm³/mol. The van der Waals surface area contributed by atoms with Crippen LogP contribution in [0.25, 0.3) is 11.4 Å². The van der Waals surface area contributed by atoms with E-state index in [1.165, 1.54) is 5.56 Å². The van der Waals surface area contributed by atoms with E-state index in [1.54, 1.807) is 18.2 Å². The van der Waals surface area contributed by atoms with E-state index < -0.39 is 0 Å². The summed E-state index contributed by atoms with van der Waals surface area (Å²) in [5.74, 6) is 0.803. The van der Waals surface area contributed by atoms with Crippen molar-refractivity contribution < 1.29 is 9.32 Å². The molecule has 3 aromatic rings. The molecule has 0 aliphatic carbocycles. The third-order valence-corrected chi connectivity index (χ3v) is 6.57. The molecule has 0 saturated carbocycles. The van der Waals surface area contributed by atoms with Crippen LogP contribution >= 0.6 is 23.2 Å². The number of anilines is 1. The van der Waals surface area contributed by atoms with Gasteiger partial charge in [0.2, 0.25) is 17.6 Å². The number of nitrogens with zero attached hydrogens (tertiary/aromatic N) is 4. The van der Waals surface area contributed by atoms with E-state index >= 15 is 0 Å². The molecule has 1 aliphatic rings. The average Bonchev–Trinajstić information content (AvgIpc) is 3.26. The summed E-state index contributed by atoms with van der Waals surface area (Å²) >= 11 is 12.3. The summed E-state index contributed by atoms with van der Waals surface area (Å²) in [6.07, 6.45) is 1.86. The smallest absolute Gasteiger partial charge is 0.246 e. The lowest BCUT2D eigenvalue weighted by atomic mass is 9.95. The van der Waals surface area contributed by atoms with Gasteiger partial charge >= 0.3 is 0 Å². The highest BCUT2D eigenvalue weighted by molar-refractivity contribution is 6.36. The Morgan fingerprint density at radius 2 is 1.97 bits per heavy atom. The second-order valence-corrected chi connectivity index (χ2v) is 9.66. The summed E-state index contributed by atoms with van der Waals surface area (Å²) in [6, 6.07) is 13.6. The zero-order chi connectivity index (χ0) is 23.5. The third-order valence-electron chi connectivity index (χ3n) is 6.02. The minimum absolute atomic E-state index is 0.00159. The maximum Gasteiger partial charge on any atom is 0.246 e. The van der Waals surface area contributed by atoms with Crippen molar-refractivity contribution in [3.63, 3.8) is 0 Å². The minimum atomic E-state index is -0.0736. The quantitative estimate of drug-likeness (QED) is 0.427. The Morgan fingerprint density at radius 1 is 1.21 bits per heavy atom. The number of hydrogen-bond acceptors (Lipinski definition) is 5. The van der Waals surface area contributed by atoms with Crippen molar-refractivity contribution >= 4 is 34.8 Å². The van der Waals surface area contributed by atoms with Gasteiger partial charge in [-0.15, -0.1) is 0 Å². The van der Waals surface area contributed by atoms with Crippen LogP contribution in [0.5, 0.6) is 0 Å². The molecule has 0 radical (unpaired) electrons. The van der Waals surface area contributed by atoms with Crippen LogP contribution in [-0.2, 0) is 11.3 Å². The Kier molecular flexibility index (Phi) is 7.25. The molecule has 1 aliphatic heterocycles. The number of carbonyl (C=O) groups excluding carboxylic acids is 1. The van der Waals surface area contributed by atoms with Gasteiger partial charge in [0, 0.05) is 35.4 Å². The fraction of sp³-hybridized carbons (Fsp3) is 0.400. The van der Waals surface area contributed by atoms with Crippen molar-refractivity contribution in [1.29, 1.82) is 0 Å². The summed E-state index contributed by atoms with van der Waals surface area (Å²) in [6.45, 7) is 8.02. The van der Waals surface area contributed by atoms with Gasteiger partial charge in [-0.2, -0.15) is 4.98 Å². The second kappa shape index (κ2) is 10.1. The Hall–Kier alpha value is -2.57. The standard InChI is InChI=1S/C25H28Cl2N4O2/c1-16(2)31(15-23-28-24(29-33-23)21-11-8-19(26)13-22(21)27)25(32)18-5-4-12-30(14-18)20-9-6-17(3)7-10-20/h6-11,13,16,18H,4-5,12,14-15H2,1-3H3. The minimum Gasteiger partial charge on any atom is -0.371 e. The van der Waals surface area contributed by atoms with Crippen molar-refractivity contribution in [2.75, 3.05) is 18.0 Å². The first-order chi connectivity index (χ1) is 15.8. The molecule has 0 bridgehead atoms. The summed E-state index contributed by atoms with van der Waals surface area (Å²) in [5, 5.41) is 5.05. The lowest BCUT2D eigenvalue weighted by molar-refractivity contribution is -0.138. The predicted octanol–water partition coefficient (Wildman–Crippen LogP) is 6.01. The van der Waals surface area contributed by atoms with Gasteiger partial charge in [-0.25, -0.2) is 0 Å². The van der Waals surface area contributed by atoms with Crippen LogP contribution in [0.4, 0.5) is 5.69 Å². The maximum absolute atomic E-state index is 13.5. The number of piperidine rings is 1. The van der Waals surface area contributed by atoms with Crippen molar-refractivity contribution in [3.8, 4) is 11.4 Å². The van der Waals surface area contributed by atoms with E-state index in [4.69, 9.17) is 27.7 Å². The molecule has 1 saturated heterocycles. The first-order valence-corrected chi connectivity index (χ1v) is 12.0. The highest BCUT2D eigenvalue weighted by atomic mass is 35.5. The zero-order valence-corrected chi connectivity index (χ0v) is 20.6. The van der Waals surface area contributed by atoms with Crippen LogP contribution in [0, 0.1) is 12.8 Å². The van der Waals surface area contributed by atoms with Crippen LogP contribution < -0.4 is 4.90 Å². The van der Waals surface area contributed by atoms with Gasteiger partial charge in [0.1, 0.15) is 6.54 Å². The highest BCUT2D eigenvalue weighted by Gasteiger charge is 2.31. The molecule has 1 aromatic heterocycles. The molecular weight excluding hydrogens is 459 g/mol. The number of amides is 1. The Balaban J connectivity index is 1.47. The van der Waals surface area contributed by atoms with E-state index in [0.717, 1.165) is 25.1 Å². The fourth-order valence-corrected chi connectivity index (χ4v) is 4.66. The van der Waals surface area contributed by atoms with E-state index in [0.29, 0.717) is 33.9 Å². The van der Waals surface area contributed by atoms with Crippen LogP contribution in [0.2, 0.25) is 10.0 Å². The van der Waals surface area contributed by atoms with Crippen molar-refractivity contribution in [1.82, 2.24) is 15.0 Å². The lowest BCUT2D eigenvalue weighted by Gasteiger charge is -2.37. The van der Waals surface area contributed by atoms with Crippen molar-refractivity contribution in [2.45, 2.75) is 46.2 Å². The maximum atomic E-state index is 13.5. The summed E-state index contributed by atoms with van der Waals surface area (Å²) in [7, 11) is 0. The third kappa shape index (κ3) is 5.50. The van der Waals surface area contributed by atoms with Gasteiger partial charge in [-0.3, -0.25) is 4.79 Å². The Bertz CT molecular complexity index is 1110. The average molecular weight is 487 g/mol. The molecule has 1 fully saturated rings. The van der Waals surface area contributed by atoms with Gasteiger partial charge in [-0.05, 0) is 63.9 Å². The van der Waals surface area contributed by atoms with E-state index in [9.17, 15) is 4.79 Å². The normalized spacial score (nSPS) is 16.3.